The van der Waals surface area contributed by atoms with Gasteiger partial charge in [0.2, 0.25) is 0 Å². The number of aromatic nitrogens is 1. The molecule has 104 valence electrons. The van der Waals surface area contributed by atoms with Gasteiger partial charge in [-0.3, -0.25) is 4.98 Å². The summed E-state index contributed by atoms with van der Waals surface area (Å²) in [6.45, 7) is 3.81. The smallest absolute Gasteiger partial charge is 0.0786 e. The second-order valence-electron chi connectivity index (χ2n) is 5.37. The molecule has 0 radical (unpaired) electrons. The summed E-state index contributed by atoms with van der Waals surface area (Å²) in [5, 5.41) is 3.61. The molecule has 0 unspecified atom stereocenters. The summed E-state index contributed by atoms with van der Waals surface area (Å²) in [7, 11) is 0. The highest BCUT2D eigenvalue weighted by Crippen LogP contribution is 2.33. The van der Waals surface area contributed by atoms with Crippen molar-refractivity contribution in [1.29, 1.82) is 0 Å². The van der Waals surface area contributed by atoms with Crippen LogP contribution in [0.25, 0.3) is 38.9 Å². The first-order valence-corrected chi connectivity index (χ1v) is 7.36. The van der Waals surface area contributed by atoms with Gasteiger partial charge >= 0.3 is 0 Å². The highest BCUT2D eigenvalue weighted by atomic mass is 14.6. The molecule has 1 heteroatoms. The summed E-state index contributed by atoms with van der Waals surface area (Å²) in [5.41, 5.74) is 4.61. The van der Waals surface area contributed by atoms with E-state index in [-0.39, 0.29) is 0 Å². The maximum absolute atomic E-state index is 4.61. The Labute approximate surface area is 129 Å². The molecule has 0 amide bonds. The molecule has 0 bridgehead atoms. The Kier molecular flexibility index (Phi) is 2.97. The van der Waals surface area contributed by atoms with Crippen molar-refractivity contribution in [1.82, 2.24) is 4.98 Å². The molecule has 1 aromatic heterocycles. The van der Waals surface area contributed by atoms with Gasteiger partial charge in [0, 0.05) is 17.0 Å². The van der Waals surface area contributed by atoms with Crippen LogP contribution in [-0.2, 0) is 0 Å². The fourth-order valence-electron chi connectivity index (χ4n) is 2.95. The maximum atomic E-state index is 4.61. The summed E-state index contributed by atoms with van der Waals surface area (Å²) in [4.78, 5) is 4.61. The number of benzene rings is 3. The summed E-state index contributed by atoms with van der Waals surface area (Å²) < 4.78 is 0. The molecule has 0 saturated heterocycles. The van der Waals surface area contributed by atoms with E-state index in [1.54, 1.807) is 0 Å². The molecule has 0 fully saturated rings. The van der Waals surface area contributed by atoms with Crippen molar-refractivity contribution in [2.45, 2.75) is 0 Å². The van der Waals surface area contributed by atoms with Crippen LogP contribution in [0, 0.1) is 0 Å². The van der Waals surface area contributed by atoms with E-state index in [2.05, 4.69) is 72.2 Å². The third-order valence-corrected chi connectivity index (χ3v) is 4.07. The Hall–Kier alpha value is -2.93. The lowest BCUT2D eigenvalue weighted by atomic mass is 9.95. The van der Waals surface area contributed by atoms with Gasteiger partial charge in [-0.1, -0.05) is 73.3 Å². The van der Waals surface area contributed by atoms with Crippen molar-refractivity contribution in [2.24, 2.45) is 0 Å². The van der Waals surface area contributed by atoms with Crippen LogP contribution in [0.5, 0.6) is 0 Å². The fraction of sp³-hybridized carbons (Fsp3) is 0. The zero-order chi connectivity index (χ0) is 14.9. The number of pyridine rings is 1. The molecule has 0 saturated carbocycles. The van der Waals surface area contributed by atoms with E-state index in [4.69, 9.17) is 0 Å². The lowest BCUT2D eigenvalue weighted by molar-refractivity contribution is 1.43. The van der Waals surface area contributed by atoms with Crippen LogP contribution in [0.1, 0.15) is 5.56 Å². The Morgan fingerprint density at radius 1 is 0.773 bits per heavy atom. The summed E-state index contributed by atoms with van der Waals surface area (Å²) in [6.07, 6.45) is 3.73. The van der Waals surface area contributed by atoms with Gasteiger partial charge in [0.1, 0.15) is 0 Å². The van der Waals surface area contributed by atoms with Crippen molar-refractivity contribution in [3.8, 4) is 11.1 Å². The van der Waals surface area contributed by atoms with Crippen LogP contribution in [0.4, 0.5) is 0 Å². The lowest BCUT2D eigenvalue weighted by Crippen LogP contribution is -1.86. The highest BCUT2D eigenvalue weighted by molar-refractivity contribution is 6.12. The van der Waals surface area contributed by atoms with E-state index < -0.39 is 0 Å². The maximum Gasteiger partial charge on any atom is 0.0786 e. The minimum absolute atomic E-state index is 1.06. The van der Waals surface area contributed by atoms with Crippen molar-refractivity contribution < 1.29 is 0 Å². The average molecular weight is 281 g/mol. The number of nitrogens with zero attached hydrogens (tertiary/aromatic N) is 1. The Morgan fingerprint density at radius 3 is 2.36 bits per heavy atom. The molecule has 0 aliphatic heterocycles. The number of hydrogen-bond donors (Lipinski definition) is 0. The third kappa shape index (κ3) is 1.99. The topological polar surface area (TPSA) is 12.9 Å². The summed E-state index contributed by atoms with van der Waals surface area (Å²) in [6, 6.07) is 23.3. The highest BCUT2D eigenvalue weighted by Gasteiger charge is 2.08. The molecule has 0 spiro atoms. The van der Waals surface area contributed by atoms with Gasteiger partial charge in [0.15, 0.2) is 0 Å². The van der Waals surface area contributed by atoms with Gasteiger partial charge in [0.25, 0.3) is 0 Å². The second-order valence-corrected chi connectivity index (χ2v) is 5.37. The van der Waals surface area contributed by atoms with Crippen LogP contribution in [0.2, 0.25) is 0 Å². The van der Waals surface area contributed by atoms with Gasteiger partial charge in [0.05, 0.1) is 5.52 Å². The summed E-state index contributed by atoms with van der Waals surface area (Å²) in [5.74, 6) is 0. The molecule has 0 N–H and O–H groups in total. The zero-order valence-corrected chi connectivity index (χ0v) is 12.2. The standard InChI is InChI=1S/C21H15N/c1-2-15-8-10-16(11-9-15)19-7-3-5-17-12-13-18-6-4-14-22-21(18)20(17)19/h2-14H,1H2. The van der Waals surface area contributed by atoms with Crippen molar-refractivity contribution in [2.75, 3.05) is 0 Å². The molecule has 0 atom stereocenters. The Balaban J connectivity index is 2.08. The normalized spacial score (nSPS) is 10.9. The number of hydrogen-bond acceptors (Lipinski definition) is 1. The molecule has 4 rings (SSSR count). The van der Waals surface area contributed by atoms with E-state index >= 15 is 0 Å². The largest absolute Gasteiger partial charge is 0.256 e. The number of rotatable bonds is 2. The predicted molar refractivity (Wildman–Crippen MR) is 94.8 cm³/mol. The predicted octanol–water partition coefficient (Wildman–Crippen LogP) is 5.70. The van der Waals surface area contributed by atoms with Crippen molar-refractivity contribution in [3.63, 3.8) is 0 Å². The quantitative estimate of drug-likeness (QED) is 0.430. The molecule has 4 aromatic rings. The average Bonchev–Trinajstić information content (AvgIpc) is 2.61. The molecule has 3 aromatic carbocycles. The van der Waals surface area contributed by atoms with Gasteiger partial charge in [-0.05, 0) is 28.1 Å². The SMILES string of the molecule is C=Cc1ccc(-c2cccc3ccc4cccnc4c23)cc1. The van der Waals surface area contributed by atoms with Crippen molar-refractivity contribution in [3.05, 3.63) is 85.1 Å². The molecular formula is C21H15N. The monoisotopic (exact) mass is 281 g/mol. The van der Waals surface area contributed by atoms with Gasteiger partial charge in [-0.25, -0.2) is 0 Å². The van der Waals surface area contributed by atoms with Gasteiger partial charge in [-0.2, -0.15) is 0 Å². The molecule has 0 aliphatic rings. The molecule has 1 heterocycles. The van der Waals surface area contributed by atoms with Crippen LogP contribution in [-0.4, -0.2) is 4.98 Å². The molecule has 22 heavy (non-hydrogen) atoms. The summed E-state index contributed by atoms with van der Waals surface area (Å²) >= 11 is 0. The minimum atomic E-state index is 1.06. The lowest BCUT2D eigenvalue weighted by Gasteiger charge is -2.10. The Morgan fingerprint density at radius 2 is 1.55 bits per heavy atom. The van der Waals surface area contributed by atoms with E-state index in [0.717, 1.165) is 11.1 Å². The van der Waals surface area contributed by atoms with Gasteiger partial charge in [-0.15, -0.1) is 0 Å². The minimum Gasteiger partial charge on any atom is -0.256 e. The number of fused-ring (bicyclic) bond motifs is 3. The van der Waals surface area contributed by atoms with E-state index in [0.29, 0.717) is 0 Å². The molecule has 1 nitrogen and oxygen atoms in total. The van der Waals surface area contributed by atoms with Crippen LogP contribution < -0.4 is 0 Å². The van der Waals surface area contributed by atoms with Crippen LogP contribution in [0.15, 0.2) is 79.5 Å². The fourth-order valence-corrected chi connectivity index (χ4v) is 2.95. The Bertz CT molecular complexity index is 981. The first-order valence-electron chi connectivity index (χ1n) is 7.36. The first-order chi connectivity index (χ1) is 10.9. The zero-order valence-electron chi connectivity index (χ0n) is 12.2. The first kappa shape index (κ1) is 12.8. The van der Waals surface area contributed by atoms with Crippen LogP contribution >= 0.6 is 0 Å². The van der Waals surface area contributed by atoms with Crippen LogP contribution in [0.3, 0.4) is 0 Å². The third-order valence-electron chi connectivity index (χ3n) is 4.07. The molecular weight excluding hydrogens is 266 g/mol. The van der Waals surface area contributed by atoms with Gasteiger partial charge < -0.3 is 0 Å². The van der Waals surface area contributed by atoms with Crippen molar-refractivity contribution >= 4 is 27.8 Å². The van der Waals surface area contributed by atoms with E-state index in [9.17, 15) is 0 Å². The second kappa shape index (κ2) is 5.12. The van der Waals surface area contributed by atoms with E-state index in [1.165, 1.54) is 27.3 Å². The molecule has 0 aliphatic carbocycles. The van der Waals surface area contributed by atoms with E-state index in [1.807, 2.05) is 18.3 Å².